The molecule has 4 aromatic rings. The molecule has 0 fully saturated rings. The summed E-state index contributed by atoms with van der Waals surface area (Å²) in [7, 11) is 0. The topological polar surface area (TPSA) is 104 Å². The lowest BCUT2D eigenvalue weighted by Crippen LogP contribution is -2.08. The van der Waals surface area contributed by atoms with Gasteiger partial charge in [-0.15, -0.1) is 0 Å². The number of carboxylic acid groups (broad SMARTS) is 1. The van der Waals surface area contributed by atoms with Crippen LogP contribution in [0.3, 0.4) is 0 Å². The maximum Gasteiger partial charge on any atom is 0.409 e. The first-order chi connectivity index (χ1) is 13.1. The first-order valence-corrected chi connectivity index (χ1v) is 7.91. The average Bonchev–Trinajstić information content (AvgIpc) is 3.07. The summed E-state index contributed by atoms with van der Waals surface area (Å²) in [4.78, 5) is 23.3. The van der Waals surface area contributed by atoms with E-state index < -0.39 is 11.9 Å². The van der Waals surface area contributed by atoms with E-state index in [4.69, 9.17) is 5.11 Å². The van der Waals surface area contributed by atoms with Crippen molar-refractivity contribution >= 4 is 29.1 Å². The van der Waals surface area contributed by atoms with E-state index in [1.54, 1.807) is 36.7 Å². The lowest BCUT2D eigenvalue weighted by Gasteiger charge is -2.07. The predicted octanol–water partition coefficient (Wildman–Crippen LogP) is 3.76. The van der Waals surface area contributed by atoms with Crippen molar-refractivity contribution in [3.63, 3.8) is 0 Å². The number of pyridine rings is 1. The van der Waals surface area contributed by atoms with Gasteiger partial charge in [-0.05, 0) is 30.3 Å². The molecule has 0 aliphatic carbocycles. The monoisotopic (exact) mass is 364 g/mol. The van der Waals surface area contributed by atoms with Gasteiger partial charge in [0.15, 0.2) is 0 Å². The van der Waals surface area contributed by atoms with Crippen molar-refractivity contribution in [1.29, 1.82) is 0 Å². The standard InChI is InChI=1S/C18H13FN6O2/c19-14-5-4-11(22-16-3-1-2-6-20-16)7-13(14)15-10-25-9-12(23-18(26)27)8-21-17(25)24-15/h1-10,23H,(H,20,22)(H,26,27). The summed E-state index contributed by atoms with van der Waals surface area (Å²) < 4.78 is 15.9. The molecular weight excluding hydrogens is 351 g/mol. The maximum atomic E-state index is 14.4. The summed E-state index contributed by atoms with van der Waals surface area (Å²) in [6.07, 6.45) is 4.90. The number of fused-ring (bicyclic) bond motifs is 1. The van der Waals surface area contributed by atoms with Crippen LogP contribution < -0.4 is 10.6 Å². The molecule has 0 radical (unpaired) electrons. The molecule has 8 nitrogen and oxygen atoms in total. The van der Waals surface area contributed by atoms with Crippen LogP contribution in [0.4, 0.5) is 26.4 Å². The van der Waals surface area contributed by atoms with Crippen molar-refractivity contribution in [3.8, 4) is 11.3 Å². The minimum absolute atomic E-state index is 0.282. The van der Waals surface area contributed by atoms with Crippen LogP contribution in [-0.4, -0.2) is 30.6 Å². The summed E-state index contributed by atoms with van der Waals surface area (Å²) in [6.45, 7) is 0. The van der Waals surface area contributed by atoms with Crippen LogP contribution in [0, 0.1) is 5.82 Å². The van der Waals surface area contributed by atoms with Gasteiger partial charge in [0.25, 0.3) is 0 Å². The van der Waals surface area contributed by atoms with E-state index in [1.807, 2.05) is 6.07 Å². The summed E-state index contributed by atoms with van der Waals surface area (Å²) in [5.74, 6) is 0.522. The number of nitrogens with one attached hydrogen (secondary N) is 2. The molecule has 27 heavy (non-hydrogen) atoms. The number of rotatable bonds is 4. The van der Waals surface area contributed by atoms with Crippen LogP contribution in [0.1, 0.15) is 0 Å². The minimum atomic E-state index is -1.20. The van der Waals surface area contributed by atoms with Crippen LogP contribution in [0.5, 0.6) is 0 Å². The Morgan fingerprint density at radius 1 is 1.11 bits per heavy atom. The normalized spacial score (nSPS) is 10.7. The van der Waals surface area contributed by atoms with Gasteiger partial charge >= 0.3 is 6.09 Å². The first-order valence-electron chi connectivity index (χ1n) is 7.91. The zero-order chi connectivity index (χ0) is 18.8. The largest absolute Gasteiger partial charge is 0.465 e. The highest BCUT2D eigenvalue weighted by molar-refractivity contribution is 5.82. The molecule has 0 atom stereocenters. The Morgan fingerprint density at radius 3 is 2.78 bits per heavy atom. The van der Waals surface area contributed by atoms with E-state index in [2.05, 4.69) is 25.6 Å². The van der Waals surface area contributed by atoms with Crippen LogP contribution in [0.25, 0.3) is 17.0 Å². The fourth-order valence-corrected chi connectivity index (χ4v) is 2.59. The van der Waals surface area contributed by atoms with Crippen LogP contribution in [0.2, 0.25) is 0 Å². The minimum Gasteiger partial charge on any atom is -0.465 e. The summed E-state index contributed by atoms with van der Waals surface area (Å²) in [5.41, 5.74) is 1.60. The highest BCUT2D eigenvalue weighted by atomic mass is 19.1. The molecule has 0 spiro atoms. The van der Waals surface area contributed by atoms with Gasteiger partial charge in [-0.2, -0.15) is 0 Å². The molecule has 3 N–H and O–H groups in total. The van der Waals surface area contributed by atoms with Gasteiger partial charge < -0.3 is 10.4 Å². The van der Waals surface area contributed by atoms with E-state index in [0.717, 1.165) is 0 Å². The Bertz CT molecular complexity index is 1130. The smallest absolute Gasteiger partial charge is 0.409 e. The molecule has 3 aromatic heterocycles. The molecule has 3 heterocycles. The second-order valence-electron chi connectivity index (χ2n) is 5.64. The van der Waals surface area contributed by atoms with Crippen molar-refractivity contribution < 1.29 is 14.3 Å². The van der Waals surface area contributed by atoms with E-state index >= 15 is 0 Å². The molecule has 9 heteroatoms. The Balaban J connectivity index is 1.69. The Morgan fingerprint density at radius 2 is 2.00 bits per heavy atom. The Hall–Kier alpha value is -4.01. The van der Waals surface area contributed by atoms with E-state index in [0.29, 0.717) is 23.0 Å². The SMILES string of the molecule is O=C(O)Nc1cnc2nc(-c3cc(Nc4ccccn4)ccc3F)cn2c1. The molecule has 0 aliphatic heterocycles. The quantitative estimate of drug-likeness (QED) is 0.509. The molecule has 4 rings (SSSR count). The second kappa shape index (κ2) is 6.71. The molecule has 0 saturated heterocycles. The van der Waals surface area contributed by atoms with Crippen molar-refractivity contribution in [2.24, 2.45) is 0 Å². The zero-order valence-electron chi connectivity index (χ0n) is 13.8. The summed E-state index contributed by atoms with van der Waals surface area (Å²) in [6, 6.07) is 10.0. The van der Waals surface area contributed by atoms with Crippen molar-refractivity contribution in [2.75, 3.05) is 10.6 Å². The van der Waals surface area contributed by atoms with Crippen LogP contribution in [-0.2, 0) is 0 Å². The molecule has 0 aliphatic rings. The van der Waals surface area contributed by atoms with E-state index in [9.17, 15) is 9.18 Å². The molecule has 0 bridgehead atoms. The summed E-state index contributed by atoms with van der Waals surface area (Å²) in [5, 5.41) is 14.1. The van der Waals surface area contributed by atoms with Crippen molar-refractivity contribution in [2.45, 2.75) is 0 Å². The van der Waals surface area contributed by atoms with Crippen LogP contribution >= 0.6 is 0 Å². The molecular formula is C18H13FN6O2. The highest BCUT2D eigenvalue weighted by Crippen LogP contribution is 2.27. The van der Waals surface area contributed by atoms with Gasteiger partial charge in [0.1, 0.15) is 11.6 Å². The number of aromatic nitrogens is 4. The van der Waals surface area contributed by atoms with Gasteiger partial charge in [0.2, 0.25) is 5.78 Å². The average molecular weight is 364 g/mol. The first kappa shape index (κ1) is 16.5. The lowest BCUT2D eigenvalue weighted by molar-refractivity contribution is 0.209. The third kappa shape index (κ3) is 3.52. The van der Waals surface area contributed by atoms with Gasteiger partial charge in [0, 0.05) is 29.8 Å². The maximum absolute atomic E-state index is 14.4. The number of anilines is 3. The lowest BCUT2D eigenvalue weighted by atomic mass is 10.1. The number of nitrogens with zero attached hydrogens (tertiary/aromatic N) is 4. The number of hydrogen-bond donors (Lipinski definition) is 3. The number of hydrogen-bond acceptors (Lipinski definition) is 5. The number of imidazole rings is 1. The second-order valence-corrected chi connectivity index (χ2v) is 5.64. The van der Waals surface area contributed by atoms with Crippen molar-refractivity contribution in [1.82, 2.24) is 19.4 Å². The van der Waals surface area contributed by atoms with E-state index in [-0.39, 0.29) is 11.3 Å². The van der Waals surface area contributed by atoms with Gasteiger partial charge in [-0.1, -0.05) is 6.07 Å². The number of carbonyl (C=O) groups is 1. The molecule has 134 valence electrons. The molecule has 0 saturated carbocycles. The Labute approximate surface area is 152 Å². The van der Waals surface area contributed by atoms with Gasteiger partial charge in [-0.3, -0.25) is 9.72 Å². The third-order valence-electron chi connectivity index (χ3n) is 3.74. The van der Waals surface area contributed by atoms with Gasteiger partial charge in [-0.25, -0.2) is 24.1 Å². The fourth-order valence-electron chi connectivity index (χ4n) is 2.59. The van der Waals surface area contributed by atoms with E-state index in [1.165, 1.54) is 22.9 Å². The zero-order valence-corrected chi connectivity index (χ0v) is 13.8. The molecule has 1 aromatic carbocycles. The number of amides is 1. The fraction of sp³-hybridized carbons (Fsp3) is 0. The summed E-state index contributed by atoms with van der Waals surface area (Å²) >= 11 is 0. The van der Waals surface area contributed by atoms with Gasteiger partial charge in [0.05, 0.1) is 17.6 Å². The number of benzene rings is 1. The molecule has 0 unspecified atom stereocenters. The third-order valence-corrected chi connectivity index (χ3v) is 3.74. The highest BCUT2D eigenvalue weighted by Gasteiger charge is 2.12. The Kier molecular flexibility index (Phi) is 4.09. The molecule has 1 amide bonds. The van der Waals surface area contributed by atoms with Crippen LogP contribution in [0.15, 0.2) is 61.2 Å². The predicted molar refractivity (Wildman–Crippen MR) is 97.5 cm³/mol. The van der Waals surface area contributed by atoms with Crippen molar-refractivity contribution in [3.05, 3.63) is 67.0 Å². The number of halogens is 1.